The van der Waals surface area contributed by atoms with E-state index in [-0.39, 0.29) is 6.04 Å². The van der Waals surface area contributed by atoms with Gasteiger partial charge < -0.3 is 15.4 Å². The average molecular weight is 291 g/mol. The third-order valence-electron chi connectivity index (χ3n) is 3.56. The lowest BCUT2D eigenvalue weighted by molar-refractivity contribution is 0.417. The second kappa shape index (κ2) is 6.06. The molecule has 20 heavy (non-hydrogen) atoms. The van der Waals surface area contributed by atoms with E-state index in [0.29, 0.717) is 11.4 Å². The van der Waals surface area contributed by atoms with Crippen molar-refractivity contribution >= 4 is 23.0 Å². The number of para-hydroxylation sites is 1. The molecule has 2 rings (SSSR count). The third kappa shape index (κ3) is 2.83. The lowest BCUT2D eigenvalue weighted by Crippen LogP contribution is -2.22. The smallest absolute Gasteiger partial charge is 0.143 e. The number of benzene rings is 2. The molecule has 0 saturated heterocycles. The molecule has 0 aliphatic heterocycles. The van der Waals surface area contributed by atoms with E-state index < -0.39 is 0 Å². The summed E-state index contributed by atoms with van der Waals surface area (Å²) in [6.45, 7) is 2.12. The maximum absolute atomic E-state index is 6.15. The van der Waals surface area contributed by atoms with Crippen molar-refractivity contribution in [1.82, 2.24) is 0 Å². The van der Waals surface area contributed by atoms with Gasteiger partial charge >= 0.3 is 0 Å². The number of hydrogen-bond acceptors (Lipinski definition) is 3. The first kappa shape index (κ1) is 14.5. The summed E-state index contributed by atoms with van der Waals surface area (Å²) in [6.07, 6.45) is 0. The quantitative estimate of drug-likeness (QED) is 0.861. The molecule has 0 aromatic heterocycles. The van der Waals surface area contributed by atoms with Gasteiger partial charge in [-0.05, 0) is 36.8 Å². The second-order valence-electron chi connectivity index (χ2n) is 4.73. The van der Waals surface area contributed by atoms with Gasteiger partial charge in [0.05, 0.1) is 24.5 Å². The van der Waals surface area contributed by atoms with E-state index in [1.54, 1.807) is 7.11 Å². The molecule has 2 aromatic rings. The van der Waals surface area contributed by atoms with E-state index >= 15 is 0 Å². The van der Waals surface area contributed by atoms with Crippen molar-refractivity contribution in [1.29, 1.82) is 0 Å². The molecular formula is C16H19ClN2O. The Bertz CT molecular complexity index is 601. The van der Waals surface area contributed by atoms with Crippen molar-refractivity contribution in [2.24, 2.45) is 0 Å². The van der Waals surface area contributed by atoms with Crippen molar-refractivity contribution in [3.8, 4) is 5.75 Å². The van der Waals surface area contributed by atoms with Crippen LogP contribution in [-0.2, 0) is 0 Å². The minimum absolute atomic E-state index is 0.156. The molecule has 106 valence electrons. The van der Waals surface area contributed by atoms with Crippen LogP contribution in [0.1, 0.15) is 18.5 Å². The molecule has 0 saturated carbocycles. The maximum atomic E-state index is 6.15. The highest BCUT2D eigenvalue weighted by Gasteiger charge is 2.16. The Labute approximate surface area is 124 Å². The summed E-state index contributed by atoms with van der Waals surface area (Å²) in [4.78, 5) is 2.11. The molecule has 2 N–H and O–H groups in total. The Morgan fingerprint density at radius 2 is 1.90 bits per heavy atom. The lowest BCUT2D eigenvalue weighted by Gasteiger charge is -2.29. The molecule has 1 atom stereocenters. The molecular weight excluding hydrogens is 272 g/mol. The van der Waals surface area contributed by atoms with E-state index in [0.717, 1.165) is 16.3 Å². The van der Waals surface area contributed by atoms with Crippen LogP contribution >= 0.6 is 11.6 Å². The van der Waals surface area contributed by atoms with E-state index in [1.165, 1.54) is 0 Å². The van der Waals surface area contributed by atoms with E-state index in [9.17, 15) is 0 Å². The van der Waals surface area contributed by atoms with Gasteiger partial charge in [0.15, 0.2) is 0 Å². The van der Waals surface area contributed by atoms with Crippen molar-refractivity contribution < 1.29 is 4.74 Å². The number of nitrogen functional groups attached to an aromatic ring is 1. The monoisotopic (exact) mass is 290 g/mol. The number of nitrogens with zero attached hydrogens (tertiary/aromatic N) is 1. The highest BCUT2D eigenvalue weighted by atomic mass is 35.5. The molecule has 4 heteroatoms. The van der Waals surface area contributed by atoms with Crippen LogP contribution in [0.3, 0.4) is 0 Å². The zero-order valence-corrected chi connectivity index (χ0v) is 12.7. The van der Waals surface area contributed by atoms with Crippen molar-refractivity contribution in [2.75, 3.05) is 24.8 Å². The number of anilines is 2. The molecule has 0 radical (unpaired) electrons. The summed E-state index contributed by atoms with van der Waals surface area (Å²) in [6, 6.07) is 13.8. The van der Waals surface area contributed by atoms with Gasteiger partial charge in [-0.25, -0.2) is 0 Å². The third-order valence-corrected chi connectivity index (χ3v) is 3.79. The fourth-order valence-corrected chi connectivity index (χ4v) is 2.42. The molecule has 2 aromatic carbocycles. The van der Waals surface area contributed by atoms with Gasteiger partial charge in [-0.15, -0.1) is 0 Å². The number of halogens is 1. The fraction of sp³-hybridized carbons (Fsp3) is 0.250. The molecule has 0 amide bonds. The first-order valence-electron chi connectivity index (χ1n) is 6.45. The lowest BCUT2D eigenvalue weighted by atomic mass is 10.1. The predicted molar refractivity (Wildman–Crippen MR) is 85.7 cm³/mol. The van der Waals surface area contributed by atoms with Gasteiger partial charge in [0.1, 0.15) is 5.75 Å². The zero-order chi connectivity index (χ0) is 14.7. The highest BCUT2D eigenvalue weighted by molar-refractivity contribution is 6.30. The summed E-state index contributed by atoms with van der Waals surface area (Å²) >= 11 is 6.06. The Morgan fingerprint density at radius 1 is 1.20 bits per heavy atom. The zero-order valence-electron chi connectivity index (χ0n) is 11.9. The number of ether oxygens (including phenoxy) is 1. The standard InChI is InChI=1S/C16H19ClN2O/c1-11(12-6-4-7-13(17)10-12)19(2)14-8-5-9-15(20-3)16(14)18/h4-11H,18H2,1-3H3. The first-order chi connectivity index (χ1) is 9.54. The molecule has 0 aliphatic rings. The SMILES string of the molecule is COc1cccc(N(C)C(C)c2cccc(Cl)c2)c1N. The molecule has 0 heterocycles. The Balaban J connectivity index is 2.33. The van der Waals surface area contributed by atoms with Gasteiger partial charge in [-0.2, -0.15) is 0 Å². The number of hydrogen-bond donors (Lipinski definition) is 1. The topological polar surface area (TPSA) is 38.5 Å². The van der Waals surface area contributed by atoms with Crippen LogP contribution in [0, 0.1) is 0 Å². The van der Waals surface area contributed by atoms with E-state index in [4.69, 9.17) is 22.1 Å². The second-order valence-corrected chi connectivity index (χ2v) is 5.17. The summed E-state index contributed by atoms with van der Waals surface area (Å²) < 4.78 is 5.27. The van der Waals surface area contributed by atoms with Gasteiger partial charge in [0.25, 0.3) is 0 Å². The maximum Gasteiger partial charge on any atom is 0.143 e. The highest BCUT2D eigenvalue weighted by Crippen LogP contribution is 2.35. The minimum Gasteiger partial charge on any atom is -0.495 e. The van der Waals surface area contributed by atoms with Crippen molar-refractivity contribution in [3.05, 3.63) is 53.1 Å². The van der Waals surface area contributed by atoms with Crippen LogP contribution in [0.25, 0.3) is 0 Å². The summed E-state index contributed by atoms with van der Waals surface area (Å²) in [7, 11) is 3.63. The van der Waals surface area contributed by atoms with Crippen LogP contribution in [0.15, 0.2) is 42.5 Å². The fourth-order valence-electron chi connectivity index (χ4n) is 2.22. The normalized spacial score (nSPS) is 12.0. The Kier molecular flexibility index (Phi) is 4.40. The average Bonchev–Trinajstić information content (AvgIpc) is 2.46. The molecule has 0 spiro atoms. The molecule has 0 aliphatic carbocycles. The van der Waals surface area contributed by atoms with Gasteiger partial charge in [0.2, 0.25) is 0 Å². The predicted octanol–water partition coefficient (Wildman–Crippen LogP) is 4.13. The van der Waals surface area contributed by atoms with Crippen LogP contribution in [0.2, 0.25) is 5.02 Å². The van der Waals surface area contributed by atoms with Crippen LogP contribution < -0.4 is 15.4 Å². The van der Waals surface area contributed by atoms with E-state index in [2.05, 4.69) is 17.9 Å². The first-order valence-corrected chi connectivity index (χ1v) is 6.83. The summed E-state index contributed by atoms with van der Waals surface area (Å²) in [5.41, 5.74) is 8.88. The molecule has 0 bridgehead atoms. The minimum atomic E-state index is 0.156. The van der Waals surface area contributed by atoms with Gasteiger partial charge in [0, 0.05) is 12.1 Å². The van der Waals surface area contributed by atoms with Crippen molar-refractivity contribution in [2.45, 2.75) is 13.0 Å². The largest absolute Gasteiger partial charge is 0.495 e. The number of methoxy groups -OCH3 is 1. The van der Waals surface area contributed by atoms with E-state index in [1.807, 2.05) is 43.4 Å². The molecule has 3 nitrogen and oxygen atoms in total. The Hall–Kier alpha value is -1.87. The number of rotatable bonds is 4. The van der Waals surface area contributed by atoms with Gasteiger partial charge in [-0.3, -0.25) is 0 Å². The Morgan fingerprint density at radius 3 is 2.55 bits per heavy atom. The van der Waals surface area contributed by atoms with Gasteiger partial charge in [-0.1, -0.05) is 29.8 Å². The van der Waals surface area contributed by atoms with Crippen LogP contribution in [0.5, 0.6) is 5.75 Å². The van der Waals surface area contributed by atoms with Crippen molar-refractivity contribution in [3.63, 3.8) is 0 Å². The molecule has 1 unspecified atom stereocenters. The summed E-state index contributed by atoms with van der Waals surface area (Å²) in [5, 5.41) is 0.737. The molecule has 0 fully saturated rings. The number of nitrogens with two attached hydrogens (primary N) is 1. The van der Waals surface area contributed by atoms with Crippen LogP contribution in [0.4, 0.5) is 11.4 Å². The summed E-state index contributed by atoms with van der Waals surface area (Å²) in [5.74, 6) is 0.688. The van der Waals surface area contributed by atoms with Crippen LogP contribution in [-0.4, -0.2) is 14.2 Å².